The Morgan fingerprint density at radius 2 is 1.77 bits per heavy atom. The molecule has 0 radical (unpaired) electrons. The van der Waals surface area contributed by atoms with E-state index in [-0.39, 0.29) is 34.5 Å². The van der Waals surface area contributed by atoms with Crippen molar-refractivity contribution in [1.82, 2.24) is 15.3 Å². The highest BCUT2D eigenvalue weighted by molar-refractivity contribution is 5.98. The van der Waals surface area contributed by atoms with Crippen molar-refractivity contribution in [2.45, 2.75) is 72.6 Å². The van der Waals surface area contributed by atoms with E-state index in [4.69, 9.17) is 10.5 Å². The van der Waals surface area contributed by atoms with Crippen molar-refractivity contribution in [1.29, 1.82) is 0 Å². The lowest BCUT2D eigenvalue weighted by Gasteiger charge is -2.29. The van der Waals surface area contributed by atoms with E-state index >= 15 is 0 Å². The first kappa shape index (κ1) is 27.7. The number of hydrogen-bond donors (Lipinski definition) is 4. The highest BCUT2D eigenvalue weighted by Crippen LogP contribution is 2.26. The predicted molar refractivity (Wildman–Crippen MR) is 131 cm³/mol. The number of nitrogens with zero attached hydrogens (tertiary/aromatic N) is 2. The quantitative estimate of drug-likeness (QED) is 0.401. The average molecular weight is 493 g/mol. The van der Waals surface area contributed by atoms with Crippen LogP contribution in [0.4, 0.5) is 30.9 Å². The fourth-order valence-corrected chi connectivity index (χ4v) is 3.25. The van der Waals surface area contributed by atoms with Crippen LogP contribution in [0.5, 0.6) is 0 Å². The maximum absolute atomic E-state index is 14.9. The van der Waals surface area contributed by atoms with E-state index in [1.807, 2.05) is 13.8 Å². The number of carbonyl (C=O) groups is 2. The Bertz CT molecular complexity index is 1070. The van der Waals surface area contributed by atoms with Gasteiger partial charge >= 0.3 is 6.09 Å². The molecule has 0 spiro atoms. The van der Waals surface area contributed by atoms with Gasteiger partial charge in [-0.25, -0.2) is 18.6 Å². The summed E-state index contributed by atoms with van der Waals surface area (Å²) in [5, 5.41) is 8.56. The van der Waals surface area contributed by atoms with E-state index in [1.54, 1.807) is 27.7 Å². The van der Waals surface area contributed by atoms with Gasteiger partial charge < -0.3 is 26.4 Å². The Labute approximate surface area is 204 Å². The minimum Gasteiger partial charge on any atom is -0.444 e. The van der Waals surface area contributed by atoms with Crippen LogP contribution in [0.3, 0.4) is 0 Å². The number of nitrogens with one attached hydrogen (secondary N) is 3. The summed E-state index contributed by atoms with van der Waals surface area (Å²) in [6.07, 6.45) is 1.32. The van der Waals surface area contributed by atoms with Crippen molar-refractivity contribution >= 4 is 29.3 Å². The van der Waals surface area contributed by atoms with Gasteiger partial charge in [-0.3, -0.25) is 9.78 Å². The fourth-order valence-electron chi connectivity index (χ4n) is 3.25. The van der Waals surface area contributed by atoms with Crippen molar-refractivity contribution in [3.05, 3.63) is 41.2 Å². The number of amides is 2. The highest BCUT2D eigenvalue weighted by Gasteiger charge is 2.26. The van der Waals surface area contributed by atoms with Gasteiger partial charge in [-0.05, 0) is 53.0 Å². The summed E-state index contributed by atoms with van der Waals surface area (Å²) < 4.78 is 34.2. The zero-order valence-electron chi connectivity index (χ0n) is 21.1. The molecule has 192 valence electrons. The number of alkyl carbamates (subject to hydrolysis) is 1. The average Bonchev–Trinajstić information content (AvgIpc) is 2.70. The fraction of sp³-hybridized carbons (Fsp3) is 0.500. The summed E-state index contributed by atoms with van der Waals surface area (Å²) >= 11 is 0. The van der Waals surface area contributed by atoms with E-state index in [1.165, 1.54) is 19.2 Å². The van der Waals surface area contributed by atoms with Crippen molar-refractivity contribution in [2.24, 2.45) is 11.7 Å². The second-order valence-electron chi connectivity index (χ2n) is 9.81. The lowest BCUT2D eigenvalue weighted by atomic mass is 9.98. The number of carbonyl (C=O) groups excluding carboxylic acids is 2. The number of rotatable bonds is 9. The molecule has 2 rings (SSSR count). The van der Waals surface area contributed by atoms with Crippen LogP contribution in [0.25, 0.3) is 0 Å². The number of primary amides is 1. The molecule has 0 unspecified atom stereocenters. The Morgan fingerprint density at radius 1 is 1.11 bits per heavy atom. The topological polar surface area (TPSA) is 131 Å². The normalized spacial score (nSPS) is 13.2. The van der Waals surface area contributed by atoms with Crippen molar-refractivity contribution in [3.8, 4) is 0 Å². The van der Waals surface area contributed by atoms with Gasteiger partial charge in [0.2, 0.25) is 0 Å². The van der Waals surface area contributed by atoms with Gasteiger partial charge in [0.15, 0.2) is 11.6 Å². The molecule has 5 N–H and O–H groups in total. The lowest BCUT2D eigenvalue weighted by molar-refractivity contribution is 0.0501. The molecule has 2 aromatic heterocycles. The summed E-state index contributed by atoms with van der Waals surface area (Å²) in [5.41, 5.74) is 4.92. The molecule has 0 saturated carbocycles. The highest BCUT2D eigenvalue weighted by atomic mass is 19.1. The smallest absolute Gasteiger partial charge is 0.407 e. The summed E-state index contributed by atoms with van der Waals surface area (Å²) in [7, 11) is 0. The van der Waals surface area contributed by atoms with Gasteiger partial charge in [0.1, 0.15) is 17.2 Å². The van der Waals surface area contributed by atoms with E-state index in [0.29, 0.717) is 6.42 Å². The standard InChI is InChI=1S/C24H34F2N6O3/c1-12(2)8-19(14(4)29-23(34)35-24(5,6)7)31-22-18(26)10-16(20(27)33)21(32-22)30-15-9-17(25)13(3)28-11-15/h9-12,14,19H,8H2,1-7H3,(H2,27,33)(H,29,34)(H2,30,31,32)/t14-,19+/m0/s1. The van der Waals surface area contributed by atoms with Crippen LogP contribution in [0.2, 0.25) is 0 Å². The predicted octanol–water partition coefficient (Wildman–Crippen LogP) is 4.65. The van der Waals surface area contributed by atoms with Crippen LogP contribution in [-0.2, 0) is 4.74 Å². The molecule has 11 heteroatoms. The van der Waals surface area contributed by atoms with Crippen LogP contribution in [-0.4, -0.2) is 39.7 Å². The molecule has 0 fully saturated rings. The third kappa shape index (κ3) is 8.34. The van der Waals surface area contributed by atoms with Crippen LogP contribution in [0.1, 0.15) is 64.0 Å². The number of nitrogens with two attached hydrogens (primary N) is 1. The Kier molecular flexibility index (Phi) is 8.94. The van der Waals surface area contributed by atoms with E-state index in [9.17, 15) is 18.4 Å². The third-order valence-corrected chi connectivity index (χ3v) is 4.92. The first-order valence-corrected chi connectivity index (χ1v) is 11.3. The number of hydrogen-bond acceptors (Lipinski definition) is 7. The molecule has 2 amide bonds. The van der Waals surface area contributed by atoms with Crippen molar-refractivity contribution in [3.63, 3.8) is 0 Å². The zero-order valence-corrected chi connectivity index (χ0v) is 21.1. The number of anilines is 3. The summed E-state index contributed by atoms with van der Waals surface area (Å²) in [6, 6.07) is 1.24. The van der Waals surface area contributed by atoms with Crippen molar-refractivity contribution in [2.75, 3.05) is 10.6 Å². The van der Waals surface area contributed by atoms with Crippen LogP contribution < -0.4 is 21.7 Å². The van der Waals surface area contributed by atoms with E-state index < -0.39 is 41.3 Å². The van der Waals surface area contributed by atoms with Gasteiger partial charge in [-0.2, -0.15) is 0 Å². The van der Waals surface area contributed by atoms with Crippen LogP contribution in [0, 0.1) is 24.5 Å². The van der Waals surface area contributed by atoms with Gasteiger partial charge in [-0.1, -0.05) is 13.8 Å². The SMILES string of the molecule is Cc1ncc(Nc2nc(N[C@H](CC(C)C)[C@H](C)NC(=O)OC(C)(C)C)c(F)cc2C(N)=O)cc1F. The molecule has 0 aliphatic rings. The Balaban J connectivity index is 2.36. The van der Waals surface area contributed by atoms with Gasteiger partial charge in [0, 0.05) is 18.2 Å². The molecule has 2 heterocycles. The largest absolute Gasteiger partial charge is 0.444 e. The molecule has 2 aromatic rings. The third-order valence-electron chi connectivity index (χ3n) is 4.92. The molecule has 0 aliphatic heterocycles. The summed E-state index contributed by atoms with van der Waals surface area (Å²) in [5.74, 6) is -2.32. The number of ether oxygens (including phenoxy) is 1. The number of aryl methyl sites for hydroxylation is 1. The maximum Gasteiger partial charge on any atom is 0.407 e. The minimum absolute atomic E-state index is 0.0671. The summed E-state index contributed by atoms with van der Waals surface area (Å²) in [4.78, 5) is 32.3. The van der Waals surface area contributed by atoms with E-state index in [0.717, 1.165) is 6.07 Å². The molecule has 0 aromatic carbocycles. The number of pyridine rings is 2. The van der Waals surface area contributed by atoms with Crippen molar-refractivity contribution < 1.29 is 23.1 Å². The Hall–Kier alpha value is -3.50. The van der Waals surface area contributed by atoms with Gasteiger partial charge in [0.25, 0.3) is 5.91 Å². The first-order valence-electron chi connectivity index (χ1n) is 11.3. The molecule has 9 nitrogen and oxygen atoms in total. The second-order valence-corrected chi connectivity index (χ2v) is 9.81. The second kappa shape index (κ2) is 11.3. The molecule has 35 heavy (non-hydrogen) atoms. The van der Waals surface area contributed by atoms with Crippen LogP contribution >= 0.6 is 0 Å². The maximum atomic E-state index is 14.9. The monoisotopic (exact) mass is 492 g/mol. The van der Waals surface area contributed by atoms with Gasteiger partial charge in [-0.15, -0.1) is 0 Å². The van der Waals surface area contributed by atoms with E-state index in [2.05, 4.69) is 25.9 Å². The zero-order chi connectivity index (χ0) is 26.5. The molecule has 0 bridgehead atoms. The molecule has 2 atom stereocenters. The molecular weight excluding hydrogens is 458 g/mol. The van der Waals surface area contributed by atoms with Crippen LogP contribution in [0.15, 0.2) is 18.3 Å². The summed E-state index contributed by atoms with van der Waals surface area (Å²) in [6.45, 7) is 12.5. The number of halogens is 2. The lowest BCUT2D eigenvalue weighted by Crippen LogP contribution is -2.47. The molecular formula is C24H34F2N6O3. The first-order chi connectivity index (χ1) is 16.2. The number of aromatic nitrogens is 2. The molecule has 0 aliphatic carbocycles. The van der Waals surface area contributed by atoms with Gasteiger partial charge in [0.05, 0.1) is 23.1 Å². The Morgan fingerprint density at radius 3 is 2.31 bits per heavy atom. The minimum atomic E-state index is -0.912. The molecule has 0 saturated heterocycles.